The highest BCUT2D eigenvalue weighted by Gasteiger charge is 2.25. The monoisotopic (exact) mass is 351 g/mol. The van der Waals surface area contributed by atoms with Gasteiger partial charge in [0.2, 0.25) is 0 Å². The van der Waals surface area contributed by atoms with Crippen molar-refractivity contribution in [2.45, 2.75) is 33.2 Å². The minimum atomic E-state index is -0.254. The molecule has 0 atom stereocenters. The van der Waals surface area contributed by atoms with Crippen LogP contribution in [0.5, 0.6) is 0 Å². The number of hydrogen-bond acceptors (Lipinski definition) is 6. The Morgan fingerprint density at radius 1 is 1.27 bits per heavy atom. The third-order valence-electron chi connectivity index (χ3n) is 4.76. The van der Waals surface area contributed by atoms with Gasteiger partial charge in [-0.3, -0.25) is 4.79 Å². The lowest BCUT2D eigenvalue weighted by Gasteiger charge is -2.32. The van der Waals surface area contributed by atoms with Crippen LogP contribution in [0.1, 0.15) is 29.3 Å². The van der Waals surface area contributed by atoms with Crippen molar-refractivity contribution >= 4 is 17.6 Å². The second-order valence-electron chi connectivity index (χ2n) is 6.39. The average Bonchev–Trinajstić information content (AvgIpc) is 3.10. The summed E-state index contributed by atoms with van der Waals surface area (Å²) >= 11 is 0. The van der Waals surface area contributed by atoms with Crippen molar-refractivity contribution in [3.63, 3.8) is 0 Å². The van der Waals surface area contributed by atoms with Gasteiger partial charge < -0.3 is 9.64 Å². The first-order chi connectivity index (χ1) is 12.7. The van der Waals surface area contributed by atoms with Gasteiger partial charge >= 0.3 is 5.97 Å². The molecule has 4 rings (SSSR count). The summed E-state index contributed by atoms with van der Waals surface area (Å²) in [6.45, 7) is 5.70. The molecule has 0 unspecified atom stereocenters. The van der Waals surface area contributed by atoms with E-state index in [9.17, 15) is 4.79 Å². The van der Waals surface area contributed by atoms with E-state index in [2.05, 4.69) is 44.2 Å². The summed E-state index contributed by atoms with van der Waals surface area (Å²) < 4.78 is 6.89. The van der Waals surface area contributed by atoms with E-state index < -0.39 is 0 Å². The van der Waals surface area contributed by atoms with Crippen molar-refractivity contribution in [3.05, 3.63) is 53.0 Å². The third-order valence-corrected chi connectivity index (χ3v) is 4.76. The first-order valence-corrected chi connectivity index (χ1v) is 8.84. The van der Waals surface area contributed by atoms with Gasteiger partial charge in [0.1, 0.15) is 12.1 Å². The molecule has 0 saturated heterocycles. The summed E-state index contributed by atoms with van der Waals surface area (Å²) in [7, 11) is 0. The molecule has 0 fully saturated rings. The minimum Gasteiger partial charge on any atom is -0.466 e. The minimum absolute atomic E-state index is 0.177. The molecule has 0 radical (unpaired) electrons. The average molecular weight is 351 g/mol. The summed E-state index contributed by atoms with van der Waals surface area (Å²) in [6, 6.07) is 8.46. The molecule has 0 spiro atoms. The molecule has 3 heterocycles. The number of esters is 1. The molecular formula is C19H21N5O2. The summed E-state index contributed by atoms with van der Waals surface area (Å²) in [5.41, 5.74) is 4.30. The Bertz CT molecular complexity index is 966. The number of carbonyl (C=O) groups is 1. The van der Waals surface area contributed by atoms with Crippen molar-refractivity contribution in [2.24, 2.45) is 0 Å². The normalized spacial score (nSPS) is 13.7. The zero-order valence-electron chi connectivity index (χ0n) is 15.0. The molecule has 0 amide bonds. The van der Waals surface area contributed by atoms with Crippen molar-refractivity contribution in [1.29, 1.82) is 0 Å². The van der Waals surface area contributed by atoms with E-state index in [1.807, 2.05) is 13.8 Å². The summed E-state index contributed by atoms with van der Waals surface area (Å²) in [5.74, 6) is 1.17. The van der Waals surface area contributed by atoms with Crippen LogP contribution in [0.3, 0.4) is 0 Å². The maximum Gasteiger partial charge on any atom is 0.310 e. The maximum atomic E-state index is 12.2. The number of benzene rings is 1. The van der Waals surface area contributed by atoms with E-state index in [4.69, 9.17) is 4.74 Å². The van der Waals surface area contributed by atoms with Crippen LogP contribution in [0, 0.1) is 6.92 Å². The van der Waals surface area contributed by atoms with Crippen molar-refractivity contribution in [3.8, 4) is 0 Å². The van der Waals surface area contributed by atoms with Crippen LogP contribution in [0.4, 0.5) is 5.82 Å². The van der Waals surface area contributed by atoms with E-state index in [1.54, 1.807) is 4.52 Å². The molecule has 1 aliphatic heterocycles. The number of aryl methyl sites for hydroxylation is 1. The van der Waals surface area contributed by atoms with Gasteiger partial charge in [-0.1, -0.05) is 24.3 Å². The fraction of sp³-hybridized carbons (Fsp3) is 0.368. The van der Waals surface area contributed by atoms with Crippen LogP contribution in [0.15, 0.2) is 30.6 Å². The van der Waals surface area contributed by atoms with E-state index in [0.717, 1.165) is 36.6 Å². The highest BCUT2D eigenvalue weighted by atomic mass is 16.5. The number of nitrogens with zero attached hydrogens (tertiary/aromatic N) is 5. The number of hydrogen-bond donors (Lipinski definition) is 0. The topological polar surface area (TPSA) is 72.6 Å². The second kappa shape index (κ2) is 6.74. The molecule has 2 aromatic heterocycles. The fourth-order valence-corrected chi connectivity index (χ4v) is 3.53. The highest BCUT2D eigenvalue weighted by molar-refractivity contribution is 5.76. The van der Waals surface area contributed by atoms with Crippen LogP contribution < -0.4 is 4.90 Å². The third kappa shape index (κ3) is 2.89. The number of anilines is 1. The Kier molecular flexibility index (Phi) is 4.28. The maximum absolute atomic E-state index is 12.2. The highest BCUT2D eigenvalue weighted by Crippen LogP contribution is 2.29. The SMILES string of the molecule is CCOC(=O)Cc1c(C)nc2ncnn2c1N1CCc2ccccc2C1. The lowest BCUT2D eigenvalue weighted by atomic mass is 9.99. The summed E-state index contributed by atoms with van der Waals surface area (Å²) in [4.78, 5) is 23.2. The van der Waals surface area contributed by atoms with Gasteiger partial charge in [-0.25, -0.2) is 4.98 Å². The first-order valence-electron chi connectivity index (χ1n) is 8.84. The number of carbonyl (C=O) groups excluding carboxylic acids is 1. The van der Waals surface area contributed by atoms with Gasteiger partial charge in [0.05, 0.1) is 13.0 Å². The fourth-order valence-electron chi connectivity index (χ4n) is 3.53. The van der Waals surface area contributed by atoms with Crippen LogP contribution in [-0.2, 0) is 28.9 Å². The van der Waals surface area contributed by atoms with Gasteiger partial charge in [0, 0.05) is 24.3 Å². The zero-order valence-corrected chi connectivity index (χ0v) is 15.0. The predicted octanol–water partition coefficient (Wildman–Crippen LogP) is 2.10. The molecule has 0 bridgehead atoms. The molecule has 7 heteroatoms. The van der Waals surface area contributed by atoms with Crippen LogP contribution in [0.25, 0.3) is 5.78 Å². The van der Waals surface area contributed by atoms with Crippen molar-refractivity contribution in [2.75, 3.05) is 18.1 Å². The van der Waals surface area contributed by atoms with E-state index in [0.29, 0.717) is 12.4 Å². The van der Waals surface area contributed by atoms with E-state index in [-0.39, 0.29) is 12.4 Å². The lowest BCUT2D eigenvalue weighted by Crippen LogP contribution is -2.33. The Morgan fingerprint density at radius 3 is 2.88 bits per heavy atom. The lowest BCUT2D eigenvalue weighted by molar-refractivity contribution is -0.142. The quantitative estimate of drug-likeness (QED) is 0.670. The molecule has 1 aliphatic rings. The molecule has 0 saturated carbocycles. The largest absolute Gasteiger partial charge is 0.466 e. The molecule has 134 valence electrons. The summed E-state index contributed by atoms with van der Waals surface area (Å²) in [6.07, 6.45) is 2.62. The molecule has 0 aliphatic carbocycles. The van der Waals surface area contributed by atoms with Gasteiger partial charge in [0.25, 0.3) is 5.78 Å². The molecule has 1 aromatic carbocycles. The molecule has 26 heavy (non-hydrogen) atoms. The second-order valence-corrected chi connectivity index (χ2v) is 6.39. The summed E-state index contributed by atoms with van der Waals surface area (Å²) in [5, 5.41) is 4.35. The van der Waals surface area contributed by atoms with Gasteiger partial charge in [0.15, 0.2) is 0 Å². The zero-order chi connectivity index (χ0) is 18.1. The van der Waals surface area contributed by atoms with E-state index >= 15 is 0 Å². The van der Waals surface area contributed by atoms with Crippen LogP contribution in [0.2, 0.25) is 0 Å². The predicted molar refractivity (Wildman–Crippen MR) is 97.1 cm³/mol. The number of rotatable bonds is 4. The molecule has 3 aromatic rings. The van der Waals surface area contributed by atoms with Crippen molar-refractivity contribution in [1.82, 2.24) is 19.6 Å². The Morgan fingerprint density at radius 2 is 2.08 bits per heavy atom. The van der Waals surface area contributed by atoms with Crippen molar-refractivity contribution < 1.29 is 9.53 Å². The van der Waals surface area contributed by atoms with Gasteiger partial charge in [-0.2, -0.15) is 14.6 Å². The molecule has 0 N–H and O–H groups in total. The Labute approximate surface area is 151 Å². The molecule has 7 nitrogen and oxygen atoms in total. The van der Waals surface area contributed by atoms with Crippen LogP contribution in [-0.4, -0.2) is 38.7 Å². The number of fused-ring (bicyclic) bond motifs is 2. The number of ether oxygens (including phenoxy) is 1. The Balaban J connectivity index is 1.80. The van der Waals surface area contributed by atoms with E-state index in [1.165, 1.54) is 17.5 Å². The standard InChI is InChI=1S/C19H21N5O2/c1-3-26-17(25)10-16-13(2)22-19-20-12-21-24(19)18(16)23-9-8-14-6-4-5-7-15(14)11-23/h4-7,12H,3,8-11H2,1-2H3. The first kappa shape index (κ1) is 16.5. The van der Waals surface area contributed by atoms with Crippen LogP contribution >= 0.6 is 0 Å². The number of aromatic nitrogens is 4. The smallest absolute Gasteiger partial charge is 0.310 e. The molecular weight excluding hydrogens is 330 g/mol. The van der Waals surface area contributed by atoms with Gasteiger partial charge in [-0.15, -0.1) is 0 Å². The van der Waals surface area contributed by atoms with Gasteiger partial charge in [-0.05, 0) is 31.4 Å². The Hall–Kier alpha value is -2.96.